The highest BCUT2D eigenvalue weighted by atomic mass is 32.2. The number of benzene rings is 2. The van der Waals surface area contributed by atoms with Crippen molar-refractivity contribution in [2.75, 3.05) is 24.3 Å². The van der Waals surface area contributed by atoms with Crippen molar-refractivity contribution >= 4 is 63.0 Å². The molecule has 0 radical (unpaired) electrons. The summed E-state index contributed by atoms with van der Waals surface area (Å²) in [4.78, 5) is 75.6. The molecule has 228 valence electrons. The number of amides is 2. The molecule has 0 spiro atoms. The van der Waals surface area contributed by atoms with Gasteiger partial charge in [-0.1, -0.05) is 65.8 Å². The number of aromatic nitrogens is 1. The van der Waals surface area contributed by atoms with Gasteiger partial charge in [0.2, 0.25) is 10.9 Å². The molecule has 13 nitrogen and oxygen atoms in total. The van der Waals surface area contributed by atoms with E-state index in [0.29, 0.717) is 11.1 Å². The van der Waals surface area contributed by atoms with Gasteiger partial charge in [0.15, 0.2) is 16.9 Å². The van der Waals surface area contributed by atoms with E-state index in [0.717, 1.165) is 16.2 Å². The molecule has 3 heterocycles. The maximum absolute atomic E-state index is 14.1. The fourth-order valence-electron chi connectivity index (χ4n) is 5.16. The van der Waals surface area contributed by atoms with Gasteiger partial charge in [-0.2, -0.15) is 0 Å². The van der Waals surface area contributed by atoms with Crippen LogP contribution in [0.3, 0.4) is 0 Å². The largest absolute Gasteiger partial charge is 0.448 e. The molecule has 6 rings (SSSR count). The normalized spacial score (nSPS) is 18.0. The number of nitrogens with one attached hydrogen (secondary N) is 1. The molecule has 4 aromatic rings. The molecular formula is C30H24N6O7S2. The van der Waals surface area contributed by atoms with Crippen molar-refractivity contribution in [1.82, 2.24) is 15.2 Å². The fraction of sp³-hybridized carbons (Fsp3) is 0.167. The molecule has 2 amide bonds. The van der Waals surface area contributed by atoms with Crippen LogP contribution in [0.4, 0.5) is 10.8 Å². The van der Waals surface area contributed by atoms with Gasteiger partial charge in [0.1, 0.15) is 29.9 Å². The van der Waals surface area contributed by atoms with Gasteiger partial charge in [0.25, 0.3) is 11.8 Å². The van der Waals surface area contributed by atoms with E-state index in [2.05, 4.69) is 15.5 Å². The lowest BCUT2D eigenvalue weighted by molar-refractivity contribution is -0.154. The number of nitrogen functional groups attached to an aromatic ring is 2. The fourth-order valence-corrected chi connectivity index (χ4v) is 7.06. The summed E-state index contributed by atoms with van der Waals surface area (Å²) in [7, 11) is 1.26. The number of ether oxygens (including phenoxy) is 1. The van der Waals surface area contributed by atoms with Gasteiger partial charge >= 0.3 is 5.97 Å². The van der Waals surface area contributed by atoms with Crippen molar-refractivity contribution in [1.29, 1.82) is 0 Å². The highest BCUT2D eigenvalue weighted by Crippen LogP contribution is 2.44. The van der Waals surface area contributed by atoms with E-state index in [4.69, 9.17) is 21.0 Å². The molecule has 0 aliphatic carbocycles. The number of nitrogens with zero attached hydrogens (tertiary/aromatic N) is 3. The number of rotatable bonds is 9. The standard InChI is InChI=1S/C30H24N6O7S2/c1-42-35-20(17-13-45-30(32)33-17)26(39)34-21-27(40)36-22(16(12-44-28(21)36)18-19(31)24(38)23(18)37)29(41)43-25(14-8-4-2-5-9-14)15-10-6-3-7-11-15/h2-11,13,21,25,28H,12,31H2,1H3,(H2,32,33)(H,34,39)/b35-20-/t21?,28-/m0/s1. The molecule has 5 N–H and O–H groups in total. The maximum atomic E-state index is 14.1. The van der Waals surface area contributed by atoms with Gasteiger partial charge < -0.3 is 26.4 Å². The van der Waals surface area contributed by atoms with Crippen LogP contribution in [-0.4, -0.2) is 57.7 Å². The Morgan fingerprint density at radius 3 is 2.22 bits per heavy atom. The molecule has 0 bridgehead atoms. The van der Waals surface area contributed by atoms with Gasteiger partial charge in [-0.25, -0.2) is 9.78 Å². The molecule has 15 heteroatoms. The Kier molecular flexibility index (Phi) is 7.95. The zero-order chi connectivity index (χ0) is 31.8. The Bertz CT molecular complexity index is 1910. The van der Waals surface area contributed by atoms with Gasteiger partial charge in [0.05, 0.1) is 11.3 Å². The summed E-state index contributed by atoms with van der Waals surface area (Å²) in [5.41, 5.74) is 10.7. The smallest absolute Gasteiger partial charge is 0.356 e. The number of anilines is 2. The molecule has 2 atom stereocenters. The van der Waals surface area contributed by atoms with Gasteiger partial charge in [-0.15, -0.1) is 23.1 Å². The number of esters is 1. The van der Waals surface area contributed by atoms with E-state index in [1.165, 1.54) is 24.3 Å². The average Bonchev–Trinajstić information content (AvgIpc) is 3.50. The van der Waals surface area contributed by atoms with Crippen molar-refractivity contribution < 1.29 is 24.0 Å². The molecule has 1 fully saturated rings. The quantitative estimate of drug-likeness (QED) is 0.0783. The molecule has 2 aliphatic heterocycles. The van der Waals surface area contributed by atoms with Crippen molar-refractivity contribution in [2.24, 2.45) is 5.16 Å². The van der Waals surface area contributed by atoms with Crippen LogP contribution < -0.4 is 27.6 Å². The maximum Gasteiger partial charge on any atom is 0.356 e. The van der Waals surface area contributed by atoms with Crippen LogP contribution in [0, 0.1) is 0 Å². The number of carbonyl (C=O) groups excluding carboxylic acids is 3. The lowest BCUT2D eigenvalue weighted by Crippen LogP contribution is -2.71. The monoisotopic (exact) mass is 644 g/mol. The Labute approximate surface area is 263 Å². The Balaban J connectivity index is 1.34. The summed E-state index contributed by atoms with van der Waals surface area (Å²) >= 11 is 2.28. The Morgan fingerprint density at radius 2 is 1.67 bits per heavy atom. The van der Waals surface area contributed by atoms with E-state index < -0.39 is 46.2 Å². The number of β-lactam (4-membered cyclic amide) rings is 1. The Morgan fingerprint density at radius 1 is 1.02 bits per heavy atom. The topological polar surface area (TPSA) is 196 Å². The van der Waals surface area contributed by atoms with Crippen LogP contribution in [0.25, 0.3) is 5.57 Å². The van der Waals surface area contributed by atoms with E-state index in [1.807, 2.05) is 12.1 Å². The van der Waals surface area contributed by atoms with Crippen molar-refractivity contribution in [3.63, 3.8) is 0 Å². The SMILES string of the molecule is CO/N=C(\C(=O)NC1C(=O)N2C(C(=O)OC(c3ccccc3)c3ccccc3)=C(c3c(N)c(=O)c3=O)CS[C@@H]12)c1csc(N)n1. The predicted molar refractivity (Wildman–Crippen MR) is 169 cm³/mol. The highest BCUT2D eigenvalue weighted by molar-refractivity contribution is 8.00. The molecule has 0 saturated carbocycles. The molecule has 1 unspecified atom stereocenters. The van der Waals surface area contributed by atoms with Crippen LogP contribution in [0.1, 0.15) is 28.5 Å². The first kappa shape index (κ1) is 29.8. The number of hydrogen-bond acceptors (Lipinski definition) is 13. The number of nitrogens with two attached hydrogens (primary N) is 2. The van der Waals surface area contributed by atoms with Gasteiger partial charge in [0, 0.05) is 16.7 Å². The second kappa shape index (κ2) is 12.0. The first-order chi connectivity index (χ1) is 21.7. The van der Waals surface area contributed by atoms with Crippen LogP contribution in [0.15, 0.2) is 86.5 Å². The zero-order valence-corrected chi connectivity index (χ0v) is 25.1. The molecule has 45 heavy (non-hydrogen) atoms. The van der Waals surface area contributed by atoms with Gasteiger partial charge in [-0.05, 0) is 11.1 Å². The molecule has 3 aromatic carbocycles. The molecule has 1 aromatic heterocycles. The van der Waals surface area contributed by atoms with E-state index >= 15 is 0 Å². The minimum Gasteiger partial charge on any atom is -0.448 e. The highest BCUT2D eigenvalue weighted by Gasteiger charge is 2.55. The van der Waals surface area contributed by atoms with Crippen molar-refractivity contribution in [3.05, 3.63) is 115 Å². The minimum atomic E-state index is -1.08. The summed E-state index contributed by atoms with van der Waals surface area (Å²) in [5, 5.41) is 7.36. The first-order valence-corrected chi connectivity index (χ1v) is 15.3. The summed E-state index contributed by atoms with van der Waals surface area (Å²) in [6.07, 6.45) is -0.864. The third-order valence-corrected chi connectivity index (χ3v) is 9.24. The first-order valence-electron chi connectivity index (χ1n) is 13.4. The third-order valence-electron chi connectivity index (χ3n) is 7.29. The summed E-state index contributed by atoms with van der Waals surface area (Å²) < 4.78 is 6.05. The van der Waals surface area contributed by atoms with E-state index in [9.17, 15) is 24.0 Å². The summed E-state index contributed by atoms with van der Waals surface area (Å²) in [6.45, 7) is 0. The minimum absolute atomic E-state index is 0.0310. The number of hydrogen-bond donors (Lipinski definition) is 3. The lowest BCUT2D eigenvalue weighted by Gasteiger charge is -2.49. The van der Waals surface area contributed by atoms with Crippen molar-refractivity contribution in [2.45, 2.75) is 17.5 Å². The van der Waals surface area contributed by atoms with Crippen LogP contribution in [-0.2, 0) is 24.0 Å². The van der Waals surface area contributed by atoms with Gasteiger partial charge in [-0.3, -0.25) is 24.1 Å². The summed E-state index contributed by atoms with van der Waals surface area (Å²) in [6, 6.07) is 17.0. The summed E-state index contributed by atoms with van der Waals surface area (Å²) in [5.74, 6) is -2.27. The lowest BCUT2D eigenvalue weighted by atomic mass is 9.94. The van der Waals surface area contributed by atoms with Crippen molar-refractivity contribution in [3.8, 4) is 0 Å². The van der Waals surface area contributed by atoms with Crippen LogP contribution >= 0.6 is 23.1 Å². The number of thiazole rings is 1. The molecular weight excluding hydrogens is 620 g/mol. The van der Waals surface area contributed by atoms with Crippen LogP contribution in [0.5, 0.6) is 0 Å². The third kappa shape index (κ3) is 5.25. The second-order valence-corrected chi connectivity index (χ2v) is 11.9. The number of thioether (sulfide) groups is 1. The number of oxime groups is 1. The predicted octanol–water partition coefficient (Wildman–Crippen LogP) is 1.40. The Hall–Kier alpha value is -5.28. The zero-order valence-electron chi connectivity index (χ0n) is 23.5. The average molecular weight is 645 g/mol. The van der Waals surface area contributed by atoms with E-state index in [-0.39, 0.29) is 44.8 Å². The second-order valence-electron chi connectivity index (χ2n) is 9.94. The van der Waals surface area contributed by atoms with E-state index in [1.54, 1.807) is 48.5 Å². The number of fused-ring (bicyclic) bond motifs is 1. The molecule has 2 aliphatic rings. The van der Waals surface area contributed by atoms with Crippen LogP contribution in [0.2, 0.25) is 0 Å². The number of carbonyl (C=O) groups is 3. The molecule has 1 saturated heterocycles.